The molecule has 1 aromatic rings. The molecule has 0 amide bonds. The van der Waals surface area contributed by atoms with Crippen molar-refractivity contribution in [1.82, 2.24) is 10.2 Å². The van der Waals surface area contributed by atoms with Gasteiger partial charge in [-0.3, -0.25) is 4.99 Å². The van der Waals surface area contributed by atoms with Crippen molar-refractivity contribution < 1.29 is 4.74 Å². The second-order valence-electron chi connectivity index (χ2n) is 6.41. The number of hydrogen-bond donors (Lipinski definition) is 1. The predicted molar refractivity (Wildman–Crippen MR) is 97.0 cm³/mol. The van der Waals surface area contributed by atoms with E-state index in [2.05, 4.69) is 55.4 Å². The number of ether oxygens (including phenoxy) is 1. The smallest absolute Gasteiger partial charge is 0.193 e. The van der Waals surface area contributed by atoms with E-state index in [1.807, 2.05) is 0 Å². The van der Waals surface area contributed by atoms with Gasteiger partial charge in [-0.15, -0.1) is 0 Å². The van der Waals surface area contributed by atoms with Crippen LogP contribution in [-0.4, -0.2) is 50.8 Å². The first-order valence-corrected chi connectivity index (χ1v) is 8.81. The van der Waals surface area contributed by atoms with Crippen LogP contribution in [0.15, 0.2) is 29.3 Å². The third kappa shape index (κ3) is 7.04. The lowest BCUT2D eigenvalue weighted by Gasteiger charge is -2.22. The highest BCUT2D eigenvalue weighted by atomic mass is 16.5. The maximum Gasteiger partial charge on any atom is 0.193 e. The molecule has 1 saturated carbocycles. The van der Waals surface area contributed by atoms with E-state index < -0.39 is 0 Å². The second kappa shape index (κ2) is 9.56. The van der Waals surface area contributed by atoms with Crippen LogP contribution in [0.1, 0.15) is 30.9 Å². The SMILES string of the molecule is CCNC(=NCCc1ccc(C)cc1)N(C)CCOCC1CC1. The van der Waals surface area contributed by atoms with Crippen LogP contribution in [0.4, 0.5) is 0 Å². The molecule has 23 heavy (non-hydrogen) atoms. The third-order valence-electron chi connectivity index (χ3n) is 4.10. The quantitative estimate of drug-likeness (QED) is 0.432. The molecule has 0 unspecified atom stereocenters. The lowest BCUT2D eigenvalue weighted by molar-refractivity contribution is 0.115. The molecule has 0 spiro atoms. The minimum absolute atomic E-state index is 0.773. The average Bonchev–Trinajstić information content (AvgIpc) is 3.36. The van der Waals surface area contributed by atoms with Gasteiger partial charge in [0.05, 0.1) is 6.61 Å². The topological polar surface area (TPSA) is 36.9 Å². The lowest BCUT2D eigenvalue weighted by Crippen LogP contribution is -2.40. The fourth-order valence-electron chi connectivity index (χ4n) is 2.36. The molecule has 0 bridgehead atoms. The number of hydrogen-bond acceptors (Lipinski definition) is 2. The third-order valence-corrected chi connectivity index (χ3v) is 4.10. The Hall–Kier alpha value is -1.55. The zero-order chi connectivity index (χ0) is 16.5. The van der Waals surface area contributed by atoms with Gasteiger partial charge in [-0.25, -0.2) is 0 Å². The lowest BCUT2D eigenvalue weighted by atomic mass is 10.1. The summed E-state index contributed by atoms with van der Waals surface area (Å²) in [6.45, 7) is 8.49. The molecule has 0 aliphatic heterocycles. The number of nitrogens with one attached hydrogen (secondary N) is 1. The first-order chi connectivity index (χ1) is 11.2. The molecule has 1 aliphatic carbocycles. The van der Waals surface area contributed by atoms with E-state index in [0.717, 1.165) is 51.1 Å². The zero-order valence-corrected chi connectivity index (χ0v) is 14.8. The maximum atomic E-state index is 5.72. The first-order valence-electron chi connectivity index (χ1n) is 8.81. The van der Waals surface area contributed by atoms with E-state index in [0.29, 0.717) is 0 Å². The zero-order valence-electron chi connectivity index (χ0n) is 14.8. The van der Waals surface area contributed by atoms with Gasteiger partial charge in [0, 0.05) is 33.3 Å². The van der Waals surface area contributed by atoms with Gasteiger partial charge in [-0.2, -0.15) is 0 Å². The van der Waals surface area contributed by atoms with Crippen molar-refractivity contribution in [2.45, 2.75) is 33.1 Å². The van der Waals surface area contributed by atoms with Crippen LogP contribution < -0.4 is 5.32 Å². The Labute approximate surface area is 140 Å². The number of rotatable bonds is 9. The molecule has 128 valence electrons. The molecule has 1 N–H and O–H groups in total. The molecule has 1 aromatic carbocycles. The Bertz CT molecular complexity index is 480. The van der Waals surface area contributed by atoms with Crippen LogP contribution in [0.5, 0.6) is 0 Å². The van der Waals surface area contributed by atoms with Gasteiger partial charge in [0.2, 0.25) is 0 Å². The molecule has 4 heteroatoms. The van der Waals surface area contributed by atoms with Crippen LogP contribution in [0.3, 0.4) is 0 Å². The highest BCUT2D eigenvalue weighted by Crippen LogP contribution is 2.28. The first kappa shape index (κ1) is 17.8. The summed E-state index contributed by atoms with van der Waals surface area (Å²) in [4.78, 5) is 6.89. The van der Waals surface area contributed by atoms with Gasteiger partial charge in [0.1, 0.15) is 0 Å². The largest absolute Gasteiger partial charge is 0.379 e. The van der Waals surface area contributed by atoms with Gasteiger partial charge in [0.15, 0.2) is 5.96 Å². The van der Waals surface area contributed by atoms with E-state index in [-0.39, 0.29) is 0 Å². The van der Waals surface area contributed by atoms with Crippen LogP contribution in [0.25, 0.3) is 0 Å². The highest BCUT2D eigenvalue weighted by molar-refractivity contribution is 5.79. The maximum absolute atomic E-state index is 5.72. The number of aryl methyl sites for hydroxylation is 1. The second-order valence-corrected chi connectivity index (χ2v) is 6.41. The van der Waals surface area contributed by atoms with E-state index in [1.165, 1.54) is 24.0 Å². The minimum atomic E-state index is 0.773. The molecule has 2 rings (SSSR count). The van der Waals surface area contributed by atoms with Gasteiger partial charge < -0.3 is 15.0 Å². The molecule has 4 nitrogen and oxygen atoms in total. The molecule has 1 fully saturated rings. The Morgan fingerprint density at radius 2 is 2.04 bits per heavy atom. The van der Waals surface area contributed by atoms with Crippen molar-refractivity contribution in [3.05, 3.63) is 35.4 Å². The van der Waals surface area contributed by atoms with Crippen molar-refractivity contribution in [1.29, 1.82) is 0 Å². The summed E-state index contributed by atoms with van der Waals surface area (Å²) < 4.78 is 5.72. The molecule has 0 heterocycles. The summed E-state index contributed by atoms with van der Waals surface area (Å²) in [6, 6.07) is 8.70. The number of nitrogens with zero attached hydrogens (tertiary/aromatic N) is 2. The van der Waals surface area contributed by atoms with Crippen molar-refractivity contribution in [3.63, 3.8) is 0 Å². The van der Waals surface area contributed by atoms with Crippen molar-refractivity contribution in [3.8, 4) is 0 Å². The van der Waals surface area contributed by atoms with Crippen LogP contribution in [0.2, 0.25) is 0 Å². The molecular weight excluding hydrogens is 286 g/mol. The number of guanidine groups is 1. The fraction of sp³-hybridized carbons (Fsp3) is 0.632. The summed E-state index contributed by atoms with van der Waals surface area (Å²) in [5, 5.41) is 3.36. The Kier molecular flexibility index (Phi) is 7.40. The standard InChI is InChI=1S/C19H31N3O/c1-4-20-19(22(3)13-14-23-15-18-9-10-18)21-12-11-17-7-5-16(2)6-8-17/h5-8,18H,4,9-15H2,1-3H3,(H,20,21). The molecule has 0 atom stereocenters. The van der Waals surface area contributed by atoms with E-state index >= 15 is 0 Å². The number of likely N-dealkylation sites (N-methyl/N-ethyl adjacent to an activating group) is 1. The summed E-state index contributed by atoms with van der Waals surface area (Å²) in [5.41, 5.74) is 2.64. The monoisotopic (exact) mass is 317 g/mol. The molecular formula is C19H31N3O. The Morgan fingerprint density at radius 3 is 2.70 bits per heavy atom. The molecule has 0 radical (unpaired) electrons. The van der Waals surface area contributed by atoms with Gasteiger partial charge in [-0.05, 0) is 44.6 Å². The predicted octanol–water partition coefficient (Wildman–Crippen LogP) is 2.86. The van der Waals surface area contributed by atoms with Crippen LogP contribution in [0, 0.1) is 12.8 Å². The number of aliphatic imine (C=N–C) groups is 1. The van der Waals surface area contributed by atoms with Crippen molar-refractivity contribution >= 4 is 5.96 Å². The summed E-state index contributed by atoms with van der Waals surface area (Å²) >= 11 is 0. The average molecular weight is 317 g/mol. The summed E-state index contributed by atoms with van der Waals surface area (Å²) in [6.07, 6.45) is 3.67. The Morgan fingerprint density at radius 1 is 1.30 bits per heavy atom. The normalized spacial score (nSPS) is 14.8. The van der Waals surface area contributed by atoms with Crippen LogP contribution >= 0.6 is 0 Å². The summed E-state index contributed by atoms with van der Waals surface area (Å²) in [5.74, 6) is 1.80. The van der Waals surface area contributed by atoms with Crippen molar-refractivity contribution in [2.75, 3.05) is 39.9 Å². The van der Waals surface area contributed by atoms with Crippen molar-refractivity contribution in [2.24, 2.45) is 10.9 Å². The van der Waals surface area contributed by atoms with Gasteiger partial charge in [-0.1, -0.05) is 29.8 Å². The molecule has 1 aliphatic rings. The van der Waals surface area contributed by atoms with E-state index in [1.54, 1.807) is 0 Å². The Balaban J connectivity index is 1.74. The van der Waals surface area contributed by atoms with Gasteiger partial charge in [0.25, 0.3) is 0 Å². The van der Waals surface area contributed by atoms with E-state index in [4.69, 9.17) is 9.73 Å². The number of benzene rings is 1. The summed E-state index contributed by atoms with van der Waals surface area (Å²) in [7, 11) is 2.08. The van der Waals surface area contributed by atoms with E-state index in [9.17, 15) is 0 Å². The van der Waals surface area contributed by atoms with Crippen LogP contribution in [-0.2, 0) is 11.2 Å². The molecule has 0 aromatic heterocycles. The minimum Gasteiger partial charge on any atom is -0.379 e. The molecule has 0 saturated heterocycles. The van der Waals surface area contributed by atoms with Gasteiger partial charge >= 0.3 is 0 Å². The fourth-order valence-corrected chi connectivity index (χ4v) is 2.36. The highest BCUT2D eigenvalue weighted by Gasteiger charge is 2.21.